The van der Waals surface area contributed by atoms with Crippen LogP contribution in [-0.2, 0) is 11.3 Å². The predicted octanol–water partition coefficient (Wildman–Crippen LogP) is 1.83. The van der Waals surface area contributed by atoms with Crippen LogP contribution in [0.1, 0.15) is 12.0 Å². The van der Waals surface area contributed by atoms with E-state index in [0.29, 0.717) is 6.04 Å². The van der Waals surface area contributed by atoms with Gasteiger partial charge in [0.05, 0.1) is 13.2 Å². The standard InChI is InChI=1S/C15H22ClN3O/c16-13-1-2-15(17)12(9-13)10-18-4-3-14(11-18)19-5-7-20-8-6-19/h1-2,9,14H,3-8,10-11,17H2. The Labute approximate surface area is 125 Å². The highest BCUT2D eigenvalue weighted by molar-refractivity contribution is 6.30. The van der Waals surface area contributed by atoms with Gasteiger partial charge in [0.1, 0.15) is 0 Å². The molecule has 5 heteroatoms. The second-order valence-corrected chi connectivity index (χ2v) is 6.11. The minimum Gasteiger partial charge on any atom is -0.398 e. The normalized spacial score (nSPS) is 25.1. The minimum absolute atomic E-state index is 0.666. The Morgan fingerprint density at radius 3 is 2.85 bits per heavy atom. The van der Waals surface area contributed by atoms with Crippen LogP contribution in [0.4, 0.5) is 5.69 Å². The van der Waals surface area contributed by atoms with E-state index in [1.54, 1.807) is 0 Å². The van der Waals surface area contributed by atoms with Crippen LogP contribution < -0.4 is 5.73 Å². The fourth-order valence-corrected chi connectivity index (χ4v) is 3.34. The van der Waals surface area contributed by atoms with Crippen LogP contribution in [0.3, 0.4) is 0 Å². The van der Waals surface area contributed by atoms with Crippen molar-refractivity contribution >= 4 is 17.3 Å². The molecular weight excluding hydrogens is 274 g/mol. The molecule has 0 spiro atoms. The molecule has 4 nitrogen and oxygen atoms in total. The van der Waals surface area contributed by atoms with Gasteiger partial charge in [-0.3, -0.25) is 9.80 Å². The van der Waals surface area contributed by atoms with Crippen molar-refractivity contribution in [2.75, 3.05) is 45.1 Å². The molecule has 2 N–H and O–H groups in total. The van der Waals surface area contributed by atoms with Crippen molar-refractivity contribution in [2.24, 2.45) is 0 Å². The number of morpholine rings is 1. The van der Waals surface area contributed by atoms with Gasteiger partial charge in [-0.15, -0.1) is 0 Å². The maximum Gasteiger partial charge on any atom is 0.0594 e. The van der Waals surface area contributed by atoms with Gasteiger partial charge >= 0.3 is 0 Å². The molecule has 2 fully saturated rings. The zero-order chi connectivity index (χ0) is 13.9. The van der Waals surface area contributed by atoms with Crippen molar-refractivity contribution in [3.63, 3.8) is 0 Å². The smallest absolute Gasteiger partial charge is 0.0594 e. The van der Waals surface area contributed by atoms with Crippen LogP contribution in [0.25, 0.3) is 0 Å². The number of halogens is 1. The first-order valence-electron chi connectivity index (χ1n) is 7.30. The third-order valence-electron chi connectivity index (χ3n) is 4.31. The van der Waals surface area contributed by atoms with E-state index < -0.39 is 0 Å². The minimum atomic E-state index is 0.666. The first-order chi connectivity index (χ1) is 9.72. The van der Waals surface area contributed by atoms with Crippen molar-refractivity contribution in [1.82, 2.24) is 9.80 Å². The third-order valence-corrected chi connectivity index (χ3v) is 4.54. The fraction of sp³-hybridized carbons (Fsp3) is 0.600. The lowest BCUT2D eigenvalue weighted by Crippen LogP contribution is -2.44. The summed E-state index contributed by atoms with van der Waals surface area (Å²) in [5.41, 5.74) is 8.01. The summed E-state index contributed by atoms with van der Waals surface area (Å²) in [6, 6.07) is 6.40. The van der Waals surface area contributed by atoms with Crippen molar-refractivity contribution in [2.45, 2.75) is 19.0 Å². The number of nitrogens with zero attached hydrogens (tertiary/aromatic N) is 2. The lowest BCUT2D eigenvalue weighted by molar-refractivity contribution is 0.0184. The molecule has 2 saturated heterocycles. The van der Waals surface area contributed by atoms with Crippen LogP contribution in [0.5, 0.6) is 0 Å². The quantitative estimate of drug-likeness (QED) is 0.864. The van der Waals surface area contributed by atoms with Crippen LogP contribution in [0.2, 0.25) is 5.02 Å². The van der Waals surface area contributed by atoms with Gasteiger partial charge in [-0.25, -0.2) is 0 Å². The second-order valence-electron chi connectivity index (χ2n) is 5.67. The molecule has 0 saturated carbocycles. The molecule has 2 aliphatic heterocycles. The van der Waals surface area contributed by atoms with Crippen LogP contribution in [0.15, 0.2) is 18.2 Å². The summed E-state index contributed by atoms with van der Waals surface area (Å²) in [7, 11) is 0. The Kier molecular flexibility index (Phi) is 4.46. The van der Waals surface area contributed by atoms with E-state index in [4.69, 9.17) is 22.1 Å². The van der Waals surface area contributed by atoms with Crippen molar-refractivity contribution < 1.29 is 4.74 Å². The molecule has 20 heavy (non-hydrogen) atoms. The molecule has 2 heterocycles. The van der Waals surface area contributed by atoms with Crippen molar-refractivity contribution in [3.8, 4) is 0 Å². The van der Waals surface area contributed by atoms with E-state index in [1.165, 1.54) is 6.42 Å². The summed E-state index contributed by atoms with van der Waals surface area (Å²) in [6.07, 6.45) is 1.24. The Morgan fingerprint density at radius 2 is 2.05 bits per heavy atom. The van der Waals surface area contributed by atoms with Gasteiger partial charge in [0, 0.05) is 49.5 Å². The molecule has 110 valence electrons. The van der Waals surface area contributed by atoms with Gasteiger partial charge in [-0.2, -0.15) is 0 Å². The highest BCUT2D eigenvalue weighted by atomic mass is 35.5. The van der Waals surface area contributed by atoms with Gasteiger partial charge < -0.3 is 10.5 Å². The SMILES string of the molecule is Nc1ccc(Cl)cc1CN1CCC(N2CCOCC2)C1. The van der Waals surface area contributed by atoms with Gasteiger partial charge in [0.15, 0.2) is 0 Å². The molecule has 0 bridgehead atoms. The van der Waals surface area contributed by atoms with E-state index in [2.05, 4.69) is 9.80 Å². The Bertz CT molecular complexity index is 462. The lowest BCUT2D eigenvalue weighted by atomic mass is 10.1. The maximum absolute atomic E-state index is 6.06. The molecule has 0 radical (unpaired) electrons. The van der Waals surface area contributed by atoms with Crippen LogP contribution in [0, 0.1) is 0 Å². The molecule has 1 unspecified atom stereocenters. The largest absolute Gasteiger partial charge is 0.398 e. The Hall–Kier alpha value is -0.810. The average Bonchev–Trinajstić information content (AvgIpc) is 2.92. The summed E-state index contributed by atoms with van der Waals surface area (Å²) < 4.78 is 5.42. The monoisotopic (exact) mass is 295 g/mol. The topological polar surface area (TPSA) is 41.7 Å². The zero-order valence-corrected chi connectivity index (χ0v) is 12.5. The van der Waals surface area contributed by atoms with E-state index in [1.807, 2.05) is 18.2 Å². The number of likely N-dealkylation sites (tertiary alicyclic amines) is 1. The summed E-state index contributed by atoms with van der Waals surface area (Å²) in [4.78, 5) is 5.03. The van der Waals surface area contributed by atoms with E-state index >= 15 is 0 Å². The molecule has 1 atom stereocenters. The first-order valence-corrected chi connectivity index (χ1v) is 7.68. The van der Waals surface area contributed by atoms with Crippen LogP contribution in [-0.4, -0.2) is 55.2 Å². The average molecular weight is 296 g/mol. The molecule has 2 aliphatic rings. The first kappa shape index (κ1) is 14.1. The van der Waals surface area contributed by atoms with Crippen molar-refractivity contribution in [1.29, 1.82) is 0 Å². The molecule has 0 aliphatic carbocycles. The van der Waals surface area contributed by atoms with E-state index in [0.717, 1.165) is 62.2 Å². The highest BCUT2D eigenvalue weighted by Gasteiger charge is 2.28. The molecule has 0 aromatic heterocycles. The van der Waals surface area contributed by atoms with Gasteiger partial charge in [0.2, 0.25) is 0 Å². The van der Waals surface area contributed by atoms with Gasteiger partial charge in [-0.05, 0) is 30.2 Å². The molecular formula is C15H22ClN3O. The summed E-state index contributed by atoms with van der Waals surface area (Å²) in [5, 5.41) is 0.762. The molecule has 3 rings (SSSR count). The number of anilines is 1. The van der Waals surface area contributed by atoms with Crippen molar-refractivity contribution in [3.05, 3.63) is 28.8 Å². The highest BCUT2D eigenvalue weighted by Crippen LogP contribution is 2.23. The van der Waals surface area contributed by atoms with E-state index in [-0.39, 0.29) is 0 Å². The number of ether oxygens (including phenoxy) is 1. The molecule has 1 aromatic rings. The lowest BCUT2D eigenvalue weighted by Gasteiger charge is -2.32. The second kappa shape index (κ2) is 6.31. The Morgan fingerprint density at radius 1 is 1.25 bits per heavy atom. The summed E-state index contributed by atoms with van der Waals surface area (Å²) in [5.74, 6) is 0. The number of nitrogen functional groups attached to an aromatic ring is 1. The van der Waals surface area contributed by atoms with Gasteiger partial charge in [0.25, 0.3) is 0 Å². The number of hydrogen-bond acceptors (Lipinski definition) is 4. The summed E-state index contributed by atoms with van der Waals surface area (Å²) in [6.45, 7) is 7.03. The van der Waals surface area contributed by atoms with E-state index in [9.17, 15) is 0 Å². The summed E-state index contributed by atoms with van der Waals surface area (Å²) >= 11 is 6.06. The number of nitrogens with two attached hydrogens (primary N) is 1. The molecule has 1 aromatic carbocycles. The fourth-order valence-electron chi connectivity index (χ4n) is 3.15. The predicted molar refractivity (Wildman–Crippen MR) is 81.9 cm³/mol. The van der Waals surface area contributed by atoms with Gasteiger partial charge in [-0.1, -0.05) is 11.6 Å². The number of benzene rings is 1. The molecule has 0 amide bonds. The number of rotatable bonds is 3. The van der Waals surface area contributed by atoms with Crippen LogP contribution >= 0.6 is 11.6 Å². The maximum atomic E-state index is 6.06. The number of hydrogen-bond donors (Lipinski definition) is 1. The zero-order valence-electron chi connectivity index (χ0n) is 11.7. The third kappa shape index (κ3) is 3.26. The Balaban J connectivity index is 1.58.